The molecular formula is C16H30IN5O2S. The van der Waals surface area contributed by atoms with Crippen LogP contribution in [0.4, 0.5) is 5.13 Å². The summed E-state index contributed by atoms with van der Waals surface area (Å²) in [4.78, 5) is 11.1. The van der Waals surface area contributed by atoms with Gasteiger partial charge in [0.25, 0.3) is 0 Å². The number of hydrogen-bond donors (Lipinski definition) is 2. The molecule has 0 saturated carbocycles. The van der Waals surface area contributed by atoms with Crippen LogP contribution in [-0.4, -0.2) is 64.1 Å². The standard InChI is InChI=1S/C16H29N5O2S.HI/c1-4-17-15(18-7-5-8-23-14-6-9-22-11-14)19-10-13-12-24-16(20-13)21(2)3;/h12,14H,4-11H2,1-3H3,(H2,17,18,19);1H. The lowest BCUT2D eigenvalue weighted by molar-refractivity contribution is 0.0420. The molecule has 1 atom stereocenters. The van der Waals surface area contributed by atoms with Gasteiger partial charge in [0.1, 0.15) is 0 Å². The van der Waals surface area contributed by atoms with E-state index in [0.717, 1.165) is 62.5 Å². The molecule has 2 N–H and O–H groups in total. The Morgan fingerprint density at radius 3 is 2.96 bits per heavy atom. The van der Waals surface area contributed by atoms with Crippen LogP contribution in [0.3, 0.4) is 0 Å². The number of rotatable bonds is 9. The van der Waals surface area contributed by atoms with Gasteiger partial charge in [0.05, 0.1) is 24.9 Å². The minimum atomic E-state index is 0. The first-order valence-corrected chi connectivity index (χ1v) is 9.40. The Balaban J connectivity index is 0.00000312. The summed E-state index contributed by atoms with van der Waals surface area (Å²) in [7, 11) is 3.99. The van der Waals surface area contributed by atoms with Gasteiger partial charge in [0.2, 0.25) is 0 Å². The van der Waals surface area contributed by atoms with Gasteiger partial charge in [0.15, 0.2) is 11.1 Å². The molecule has 1 aromatic rings. The summed E-state index contributed by atoms with van der Waals surface area (Å²) in [6, 6.07) is 0. The normalized spacial score (nSPS) is 17.2. The van der Waals surface area contributed by atoms with Gasteiger partial charge in [-0.15, -0.1) is 35.3 Å². The van der Waals surface area contributed by atoms with Gasteiger partial charge >= 0.3 is 0 Å². The number of ether oxygens (including phenoxy) is 2. The lowest BCUT2D eigenvalue weighted by Gasteiger charge is -2.12. The van der Waals surface area contributed by atoms with Gasteiger partial charge in [-0.3, -0.25) is 0 Å². The van der Waals surface area contributed by atoms with Crippen molar-refractivity contribution in [1.82, 2.24) is 15.6 Å². The van der Waals surface area contributed by atoms with E-state index in [1.807, 2.05) is 19.0 Å². The van der Waals surface area contributed by atoms with Crippen LogP contribution in [0.15, 0.2) is 10.4 Å². The summed E-state index contributed by atoms with van der Waals surface area (Å²) >= 11 is 1.64. The van der Waals surface area contributed by atoms with Gasteiger partial charge in [-0.25, -0.2) is 9.98 Å². The van der Waals surface area contributed by atoms with Crippen LogP contribution in [-0.2, 0) is 16.0 Å². The molecule has 9 heteroatoms. The highest BCUT2D eigenvalue weighted by Gasteiger charge is 2.15. The van der Waals surface area contributed by atoms with Crippen LogP contribution in [0.25, 0.3) is 0 Å². The molecule has 1 aliphatic heterocycles. The zero-order valence-corrected chi connectivity index (χ0v) is 18.4. The maximum absolute atomic E-state index is 5.76. The van der Waals surface area contributed by atoms with Crippen LogP contribution in [0, 0.1) is 0 Å². The van der Waals surface area contributed by atoms with Crippen LogP contribution >= 0.6 is 35.3 Å². The molecule has 2 rings (SSSR count). The average Bonchev–Trinajstić information content (AvgIpc) is 3.23. The molecule has 7 nitrogen and oxygen atoms in total. The van der Waals surface area contributed by atoms with Crippen molar-refractivity contribution in [2.45, 2.75) is 32.4 Å². The fraction of sp³-hybridized carbons (Fsp3) is 0.750. The maximum Gasteiger partial charge on any atom is 0.191 e. The molecule has 1 aliphatic rings. The Bertz CT molecular complexity index is 506. The third kappa shape index (κ3) is 8.52. The second-order valence-corrected chi connectivity index (χ2v) is 6.68. The van der Waals surface area contributed by atoms with E-state index in [0.29, 0.717) is 6.54 Å². The van der Waals surface area contributed by atoms with Crippen LogP contribution < -0.4 is 15.5 Å². The monoisotopic (exact) mass is 483 g/mol. The number of thiazole rings is 1. The maximum atomic E-state index is 5.76. The quantitative estimate of drug-likeness (QED) is 0.243. The molecule has 0 amide bonds. The molecule has 1 aromatic heterocycles. The SMILES string of the molecule is CCNC(=NCc1csc(N(C)C)n1)NCCCOC1CCOC1.I. The van der Waals surface area contributed by atoms with E-state index in [-0.39, 0.29) is 30.1 Å². The van der Waals surface area contributed by atoms with E-state index in [9.17, 15) is 0 Å². The van der Waals surface area contributed by atoms with E-state index < -0.39 is 0 Å². The van der Waals surface area contributed by atoms with Crippen molar-refractivity contribution in [3.05, 3.63) is 11.1 Å². The molecule has 1 unspecified atom stereocenters. The van der Waals surface area contributed by atoms with Crippen LogP contribution in [0.2, 0.25) is 0 Å². The zero-order chi connectivity index (χ0) is 17.2. The summed E-state index contributed by atoms with van der Waals surface area (Å²) in [6.07, 6.45) is 2.24. The first-order valence-electron chi connectivity index (χ1n) is 8.52. The molecule has 0 aliphatic carbocycles. The van der Waals surface area contributed by atoms with Crippen molar-refractivity contribution in [3.63, 3.8) is 0 Å². The van der Waals surface area contributed by atoms with E-state index in [2.05, 4.69) is 32.9 Å². The van der Waals surface area contributed by atoms with Gasteiger partial charge in [0, 0.05) is 45.8 Å². The van der Waals surface area contributed by atoms with Gasteiger partial charge in [-0.05, 0) is 19.8 Å². The third-order valence-corrected chi connectivity index (χ3v) is 4.58. The lowest BCUT2D eigenvalue weighted by Crippen LogP contribution is -2.38. The topological polar surface area (TPSA) is 71.0 Å². The highest BCUT2D eigenvalue weighted by molar-refractivity contribution is 14.0. The number of nitrogens with one attached hydrogen (secondary N) is 2. The van der Waals surface area contributed by atoms with E-state index in [4.69, 9.17) is 9.47 Å². The number of hydrogen-bond acceptors (Lipinski definition) is 6. The Hall–Kier alpha value is -0.650. The first kappa shape index (κ1) is 22.4. The van der Waals surface area contributed by atoms with Crippen molar-refractivity contribution in [3.8, 4) is 0 Å². The fourth-order valence-corrected chi connectivity index (χ4v) is 3.00. The minimum Gasteiger partial charge on any atom is -0.379 e. The van der Waals surface area contributed by atoms with E-state index in [1.54, 1.807) is 11.3 Å². The van der Waals surface area contributed by atoms with Crippen LogP contribution in [0.1, 0.15) is 25.5 Å². The first-order chi connectivity index (χ1) is 11.7. The Morgan fingerprint density at radius 1 is 1.48 bits per heavy atom. The number of halogens is 1. The molecular weight excluding hydrogens is 453 g/mol. The van der Waals surface area contributed by atoms with Crippen molar-refractivity contribution < 1.29 is 9.47 Å². The summed E-state index contributed by atoms with van der Waals surface area (Å²) in [5, 5.41) is 9.66. The molecule has 1 fully saturated rings. The highest BCUT2D eigenvalue weighted by Crippen LogP contribution is 2.18. The molecule has 0 bridgehead atoms. The summed E-state index contributed by atoms with van der Waals surface area (Å²) in [5.74, 6) is 0.820. The molecule has 144 valence electrons. The van der Waals surface area contributed by atoms with Gasteiger partial charge in [-0.1, -0.05) is 0 Å². The van der Waals surface area contributed by atoms with Crippen molar-refractivity contribution in [2.24, 2.45) is 4.99 Å². The summed E-state index contributed by atoms with van der Waals surface area (Å²) in [5.41, 5.74) is 0.991. The van der Waals surface area contributed by atoms with Crippen molar-refractivity contribution >= 4 is 46.4 Å². The fourth-order valence-electron chi connectivity index (χ4n) is 2.25. The summed E-state index contributed by atoms with van der Waals surface area (Å²) in [6.45, 7) is 6.62. The molecule has 25 heavy (non-hydrogen) atoms. The van der Waals surface area contributed by atoms with Gasteiger partial charge < -0.3 is 25.0 Å². The van der Waals surface area contributed by atoms with Crippen LogP contribution in [0.5, 0.6) is 0 Å². The number of anilines is 1. The predicted molar refractivity (Wildman–Crippen MR) is 114 cm³/mol. The number of guanidine groups is 1. The molecule has 2 heterocycles. The number of aromatic nitrogens is 1. The number of aliphatic imine (C=N–C) groups is 1. The van der Waals surface area contributed by atoms with E-state index in [1.165, 1.54) is 0 Å². The molecule has 0 aromatic carbocycles. The Kier molecular flexibility index (Phi) is 11.3. The second-order valence-electron chi connectivity index (χ2n) is 5.85. The van der Waals surface area contributed by atoms with Crippen molar-refractivity contribution in [2.75, 3.05) is 51.9 Å². The van der Waals surface area contributed by atoms with Crippen molar-refractivity contribution in [1.29, 1.82) is 0 Å². The third-order valence-electron chi connectivity index (χ3n) is 3.52. The minimum absolute atomic E-state index is 0. The van der Waals surface area contributed by atoms with Gasteiger partial charge in [-0.2, -0.15) is 0 Å². The smallest absolute Gasteiger partial charge is 0.191 e. The molecule has 0 spiro atoms. The molecule has 0 radical (unpaired) electrons. The highest BCUT2D eigenvalue weighted by atomic mass is 127. The second kappa shape index (κ2) is 12.7. The zero-order valence-electron chi connectivity index (χ0n) is 15.3. The lowest BCUT2D eigenvalue weighted by atomic mass is 10.3. The Morgan fingerprint density at radius 2 is 2.32 bits per heavy atom. The molecule has 1 saturated heterocycles. The summed E-state index contributed by atoms with van der Waals surface area (Å²) < 4.78 is 11.1. The predicted octanol–water partition coefficient (Wildman–Crippen LogP) is 2.08. The average molecular weight is 483 g/mol. The Labute approximate surface area is 171 Å². The van der Waals surface area contributed by atoms with E-state index >= 15 is 0 Å². The number of nitrogens with zero attached hydrogens (tertiary/aromatic N) is 3. The largest absolute Gasteiger partial charge is 0.379 e.